The van der Waals surface area contributed by atoms with Crippen molar-refractivity contribution < 1.29 is 9.59 Å². The van der Waals surface area contributed by atoms with E-state index in [0.717, 1.165) is 31.0 Å². The van der Waals surface area contributed by atoms with Gasteiger partial charge in [0.2, 0.25) is 11.8 Å². The van der Waals surface area contributed by atoms with E-state index < -0.39 is 0 Å². The fraction of sp³-hybridized carbons (Fsp3) is 0.350. The summed E-state index contributed by atoms with van der Waals surface area (Å²) in [5.74, 6) is 1.21. The Balaban J connectivity index is 1.45. The van der Waals surface area contributed by atoms with Gasteiger partial charge in [-0.15, -0.1) is 15.3 Å². The molecule has 0 saturated carbocycles. The predicted octanol–water partition coefficient (Wildman–Crippen LogP) is 2.25. The number of fused-ring (bicyclic) bond motifs is 1. The summed E-state index contributed by atoms with van der Waals surface area (Å²) in [6.07, 6.45) is 1.73. The molecule has 4 rings (SSSR count). The second kappa shape index (κ2) is 7.86. The number of anilines is 3. The molecule has 0 radical (unpaired) electrons. The van der Waals surface area contributed by atoms with E-state index >= 15 is 0 Å². The lowest BCUT2D eigenvalue weighted by Crippen LogP contribution is -2.41. The Labute approximate surface area is 168 Å². The Morgan fingerprint density at radius 2 is 1.90 bits per heavy atom. The second-order valence-corrected chi connectivity index (χ2v) is 7.25. The first-order valence-corrected chi connectivity index (χ1v) is 9.62. The summed E-state index contributed by atoms with van der Waals surface area (Å²) in [4.78, 5) is 26.2. The molecule has 2 amide bonds. The molecule has 150 valence electrons. The van der Waals surface area contributed by atoms with Crippen molar-refractivity contribution in [2.45, 2.75) is 26.7 Å². The summed E-state index contributed by atoms with van der Waals surface area (Å²) in [7, 11) is 0. The minimum Gasteiger partial charge on any atom is -0.354 e. The number of amides is 2. The van der Waals surface area contributed by atoms with Crippen molar-refractivity contribution in [1.29, 1.82) is 0 Å². The third-order valence-corrected chi connectivity index (χ3v) is 4.97. The number of aryl methyl sites for hydroxylation is 1. The molecule has 0 spiro atoms. The van der Waals surface area contributed by atoms with Gasteiger partial charge in [0, 0.05) is 31.4 Å². The number of hydrogen-bond acceptors (Lipinski definition) is 6. The maximum atomic E-state index is 12.8. The quantitative estimate of drug-likeness (QED) is 0.704. The highest BCUT2D eigenvalue weighted by molar-refractivity contribution is 5.94. The Bertz CT molecular complexity index is 1060. The zero-order chi connectivity index (χ0) is 20.4. The van der Waals surface area contributed by atoms with Crippen molar-refractivity contribution in [3.8, 4) is 0 Å². The number of carbonyl (C=O) groups excluding carboxylic acids is 2. The van der Waals surface area contributed by atoms with Gasteiger partial charge in [-0.3, -0.25) is 9.59 Å². The van der Waals surface area contributed by atoms with Gasteiger partial charge >= 0.3 is 0 Å². The highest BCUT2D eigenvalue weighted by Gasteiger charge is 2.27. The van der Waals surface area contributed by atoms with Gasteiger partial charge < -0.3 is 15.5 Å². The number of rotatable bonds is 4. The average Bonchev–Trinajstić information content (AvgIpc) is 3.08. The summed E-state index contributed by atoms with van der Waals surface area (Å²) in [5.41, 5.74) is 2.03. The monoisotopic (exact) mass is 393 g/mol. The van der Waals surface area contributed by atoms with Crippen molar-refractivity contribution in [2.75, 3.05) is 28.6 Å². The molecule has 3 heterocycles. The van der Waals surface area contributed by atoms with E-state index in [0.29, 0.717) is 23.6 Å². The van der Waals surface area contributed by atoms with Crippen LogP contribution in [0.15, 0.2) is 36.4 Å². The molecule has 2 N–H and O–H groups in total. The predicted molar refractivity (Wildman–Crippen MR) is 110 cm³/mol. The number of hydrogen-bond donors (Lipinski definition) is 2. The molecule has 1 aromatic carbocycles. The Morgan fingerprint density at radius 3 is 2.69 bits per heavy atom. The van der Waals surface area contributed by atoms with Crippen LogP contribution in [0.2, 0.25) is 0 Å². The molecule has 2 aromatic heterocycles. The van der Waals surface area contributed by atoms with Crippen LogP contribution in [0.5, 0.6) is 0 Å². The molecule has 1 atom stereocenters. The molecule has 9 heteroatoms. The molecule has 9 nitrogen and oxygen atoms in total. The topological polar surface area (TPSA) is 105 Å². The van der Waals surface area contributed by atoms with Gasteiger partial charge in [0.05, 0.1) is 5.92 Å². The number of nitrogens with one attached hydrogen (secondary N) is 2. The van der Waals surface area contributed by atoms with Gasteiger partial charge in [-0.05, 0) is 50.1 Å². The lowest BCUT2D eigenvalue weighted by Gasteiger charge is -2.32. The lowest BCUT2D eigenvalue weighted by atomic mass is 9.97. The molecule has 1 saturated heterocycles. The number of piperidine rings is 1. The highest BCUT2D eigenvalue weighted by atomic mass is 16.2. The number of carbonyl (C=O) groups is 2. The van der Waals surface area contributed by atoms with Crippen LogP contribution < -0.4 is 15.5 Å². The van der Waals surface area contributed by atoms with Gasteiger partial charge in [-0.1, -0.05) is 6.07 Å². The minimum absolute atomic E-state index is 0.0313. The van der Waals surface area contributed by atoms with Crippen LogP contribution in [0.4, 0.5) is 17.2 Å². The fourth-order valence-electron chi connectivity index (χ4n) is 3.58. The fourth-order valence-corrected chi connectivity index (χ4v) is 3.58. The van der Waals surface area contributed by atoms with Gasteiger partial charge in [0.15, 0.2) is 11.5 Å². The first kappa shape index (κ1) is 18.9. The zero-order valence-electron chi connectivity index (χ0n) is 16.4. The van der Waals surface area contributed by atoms with Gasteiger partial charge in [0.1, 0.15) is 5.82 Å². The number of benzene rings is 1. The van der Waals surface area contributed by atoms with Crippen molar-refractivity contribution >= 4 is 34.7 Å². The first-order chi connectivity index (χ1) is 14.0. The molecule has 0 unspecified atom stereocenters. The zero-order valence-corrected chi connectivity index (χ0v) is 16.4. The Morgan fingerprint density at radius 1 is 1.10 bits per heavy atom. The minimum atomic E-state index is -0.149. The van der Waals surface area contributed by atoms with E-state index in [1.54, 1.807) is 22.7 Å². The smallest absolute Gasteiger partial charge is 0.229 e. The van der Waals surface area contributed by atoms with Crippen LogP contribution >= 0.6 is 0 Å². The van der Waals surface area contributed by atoms with Crippen molar-refractivity contribution in [2.24, 2.45) is 5.92 Å². The maximum absolute atomic E-state index is 12.8. The van der Waals surface area contributed by atoms with Crippen LogP contribution in [-0.4, -0.2) is 44.7 Å². The van der Waals surface area contributed by atoms with E-state index in [9.17, 15) is 9.59 Å². The van der Waals surface area contributed by atoms with Crippen LogP contribution in [0.25, 0.3) is 5.65 Å². The standard InChI is InChI=1S/C20H23N7O2/c1-13-23-24-18-8-9-19(25-27(13)18)26-10-4-5-15(12-26)20(29)22-17-7-3-6-16(11-17)21-14(2)28/h3,6-9,11,15H,4-5,10,12H2,1-2H3,(H,21,28)(H,22,29)/t15-/m1/s1. The third kappa shape index (κ3) is 4.18. The molecule has 1 aliphatic heterocycles. The summed E-state index contributed by atoms with van der Waals surface area (Å²) in [6.45, 7) is 4.76. The Hall–Kier alpha value is -3.49. The van der Waals surface area contributed by atoms with Gasteiger partial charge in [-0.2, -0.15) is 4.52 Å². The van der Waals surface area contributed by atoms with Crippen molar-refractivity contribution in [3.63, 3.8) is 0 Å². The molecule has 1 aliphatic rings. The summed E-state index contributed by atoms with van der Waals surface area (Å²) < 4.78 is 1.71. The van der Waals surface area contributed by atoms with E-state index in [1.165, 1.54) is 6.92 Å². The number of aromatic nitrogens is 4. The van der Waals surface area contributed by atoms with Crippen LogP contribution in [0, 0.1) is 12.8 Å². The molecule has 1 fully saturated rings. The van der Waals surface area contributed by atoms with Crippen molar-refractivity contribution in [1.82, 2.24) is 19.8 Å². The molecule has 0 aliphatic carbocycles. The molecular formula is C20H23N7O2. The van der Waals surface area contributed by atoms with Crippen molar-refractivity contribution in [3.05, 3.63) is 42.2 Å². The van der Waals surface area contributed by atoms with E-state index in [4.69, 9.17) is 0 Å². The van der Waals surface area contributed by atoms with Crippen LogP contribution in [0.3, 0.4) is 0 Å². The van der Waals surface area contributed by atoms with Gasteiger partial charge in [-0.25, -0.2) is 0 Å². The van der Waals surface area contributed by atoms with Crippen LogP contribution in [-0.2, 0) is 9.59 Å². The summed E-state index contributed by atoms with van der Waals surface area (Å²) in [6, 6.07) is 11.0. The lowest BCUT2D eigenvalue weighted by molar-refractivity contribution is -0.120. The molecule has 29 heavy (non-hydrogen) atoms. The Kier molecular flexibility index (Phi) is 5.11. The highest BCUT2D eigenvalue weighted by Crippen LogP contribution is 2.24. The molecule has 3 aromatic rings. The normalized spacial score (nSPS) is 16.6. The number of nitrogens with zero attached hydrogens (tertiary/aromatic N) is 5. The molecular weight excluding hydrogens is 370 g/mol. The molecule has 0 bridgehead atoms. The second-order valence-electron chi connectivity index (χ2n) is 7.25. The summed E-state index contributed by atoms with van der Waals surface area (Å²) >= 11 is 0. The van der Waals surface area contributed by atoms with Gasteiger partial charge in [0.25, 0.3) is 0 Å². The largest absolute Gasteiger partial charge is 0.354 e. The SMILES string of the molecule is CC(=O)Nc1cccc(NC(=O)[C@@H]2CCCN(c3ccc4nnc(C)n4n3)C2)c1. The first-order valence-electron chi connectivity index (χ1n) is 9.62. The third-order valence-electron chi connectivity index (χ3n) is 4.97. The van der Waals surface area contributed by atoms with E-state index in [1.807, 2.05) is 25.1 Å². The van der Waals surface area contributed by atoms with E-state index in [-0.39, 0.29) is 17.7 Å². The van der Waals surface area contributed by atoms with Crippen LogP contribution in [0.1, 0.15) is 25.6 Å². The van der Waals surface area contributed by atoms with E-state index in [2.05, 4.69) is 30.8 Å². The summed E-state index contributed by atoms with van der Waals surface area (Å²) in [5, 5.41) is 18.4. The average molecular weight is 393 g/mol. The maximum Gasteiger partial charge on any atom is 0.229 e.